The molecule has 0 radical (unpaired) electrons. The van der Waals surface area contributed by atoms with Gasteiger partial charge in [0.2, 0.25) is 5.13 Å². The number of anilines is 1. The monoisotopic (exact) mass is 421 g/mol. The summed E-state index contributed by atoms with van der Waals surface area (Å²) < 4.78 is 8.93. The van der Waals surface area contributed by atoms with Gasteiger partial charge in [0.1, 0.15) is 11.6 Å². The standard InChI is InChI=1S/C20H15N5O2S2/c1-11-7-18(23-19(26)12-3-5-14-17(8-12)28-10-21-14)25(24-11)20-22-15-9-13(27-2)4-6-16(15)29-20/h3-10H,1-2H3,(H,23,26). The first-order chi connectivity index (χ1) is 14.1. The van der Waals surface area contributed by atoms with Gasteiger partial charge in [0.15, 0.2) is 0 Å². The number of carbonyl (C=O) groups excluding carboxylic acids is 1. The van der Waals surface area contributed by atoms with Gasteiger partial charge in [-0.05, 0) is 37.3 Å². The molecule has 0 unspecified atom stereocenters. The molecule has 5 rings (SSSR count). The van der Waals surface area contributed by atoms with Crippen LogP contribution in [0.5, 0.6) is 5.75 Å². The fraction of sp³-hybridized carbons (Fsp3) is 0.100. The number of nitrogens with zero attached hydrogens (tertiary/aromatic N) is 4. The van der Waals surface area contributed by atoms with E-state index in [-0.39, 0.29) is 5.91 Å². The second kappa shape index (κ2) is 6.94. The Bertz CT molecular complexity index is 1370. The van der Waals surface area contributed by atoms with Crippen LogP contribution in [0.15, 0.2) is 48.0 Å². The Morgan fingerprint density at radius 2 is 2.00 bits per heavy atom. The minimum Gasteiger partial charge on any atom is -0.497 e. The van der Waals surface area contributed by atoms with Crippen molar-refractivity contribution in [2.45, 2.75) is 6.92 Å². The van der Waals surface area contributed by atoms with Gasteiger partial charge >= 0.3 is 0 Å². The summed E-state index contributed by atoms with van der Waals surface area (Å²) in [6, 6.07) is 13.0. The number of ether oxygens (including phenoxy) is 1. The Hall–Kier alpha value is -3.30. The molecule has 3 heterocycles. The number of hydrogen-bond acceptors (Lipinski definition) is 7. The van der Waals surface area contributed by atoms with Crippen molar-refractivity contribution in [3.63, 3.8) is 0 Å². The number of rotatable bonds is 4. The summed E-state index contributed by atoms with van der Waals surface area (Å²) in [6.45, 7) is 1.88. The summed E-state index contributed by atoms with van der Waals surface area (Å²) in [7, 11) is 1.63. The van der Waals surface area contributed by atoms with Gasteiger partial charge < -0.3 is 10.1 Å². The van der Waals surface area contributed by atoms with Gasteiger partial charge in [-0.1, -0.05) is 11.3 Å². The van der Waals surface area contributed by atoms with Crippen LogP contribution in [-0.4, -0.2) is 32.8 Å². The SMILES string of the molecule is COc1ccc2sc(-n3nc(C)cc3NC(=O)c3ccc4ncsc4c3)nc2c1. The van der Waals surface area contributed by atoms with Gasteiger partial charge in [-0.2, -0.15) is 9.78 Å². The first-order valence-corrected chi connectivity index (χ1v) is 10.5. The number of hydrogen-bond donors (Lipinski definition) is 1. The van der Waals surface area contributed by atoms with Crippen molar-refractivity contribution in [1.82, 2.24) is 19.7 Å². The van der Waals surface area contributed by atoms with E-state index in [0.717, 1.165) is 31.9 Å². The summed E-state index contributed by atoms with van der Waals surface area (Å²) in [5, 5.41) is 8.15. The van der Waals surface area contributed by atoms with E-state index in [9.17, 15) is 4.79 Å². The molecule has 0 bridgehead atoms. The number of fused-ring (bicyclic) bond motifs is 2. The summed E-state index contributed by atoms with van der Waals surface area (Å²) >= 11 is 3.01. The zero-order valence-electron chi connectivity index (χ0n) is 15.5. The predicted molar refractivity (Wildman–Crippen MR) is 116 cm³/mol. The van der Waals surface area contributed by atoms with Gasteiger partial charge in [0.05, 0.1) is 38.7 Å². The summed E-state index contributed by atoms with van der Waals surface area (Å²) in [4.78, 5) is 21.7. The number of thiazole rings is 2. The van der Waals surface area contributed by atoms with Crippen molar-refractivity contribution in [2.24, 2.45) is 0 Å². The number of aryl methyl sites for hydroxylation is 1. The molecule has 0 fully saturated rings. The molecule has 7 nitrogen and oxygen atoms in total. The van der Waals surface area contributed by atoms with Crippen LogP contribution in [0.3, 0.4) is 0 Å². The lowest BCUT2D eigenvalue weighted by Gasteiger charge is -2.06. The van der Waals surface area contributed by atoms with Crippen LogP contribution >= 0.6 is 22.7 Å². The maximum Gasteiger partial charge on any atom is 0.256 e. The lowest BCUT2D eigenvalue weighted by atomic mass is 10.2. The predicted octanol–water partition coefficient (Wildman–Crippen LogP) is 4.66. The minimum absolute atomic E-state index is 0.204. The molecular weight excluding hydrogens is 406 g/mol. The lowest BCUT2D eigenvalue weighted by Crippen LogP contribution is -2.15. The van der Waals surface area contributed by atoms with Crippen molar-refractivity contribution in [3.05, 3.63) is 59.2 Å². The minimum atomic E-state index is -0.204. The van der Waals surface area contributed by atoms with Crippen molar-refractivity contribution in [2.75, 3.05) is 12.4 Å². The van der Waals surface area contributed by atoms with Crippen LogP contribution in [0.2, 0.25) is 0 Å². The van der Waals surface area contributed by atoms with E-state index >= 15 is 0 Å². The third-order valence-corrected chi connectivity index (χ3v) is 6.23. The van der Waals surface area contributed by atoms with Gasteiger partial charge in [0.25, 0.3) is 5.91 Å². The van der Waals surface area contributed by atoms with Gasteiger partial charge in [-0.25, -0.2) is 9.97 Å². The fourth-order valence-corrected chi connectivity index (χ4v) is 4.66. The quantitative estimate of drug-likeness (QED) is 0.456. The number of amides is 1. The molecule has 144 valence electrons. The van der Waals surface area contributed by atoms with Crippen LogP contribution in [-0.2, 0) is 0 Å². The molecule has 0 spiro atoms. The summed E-state index contributed by atoms with van der Waals surface area (Å²) in [6.07, 6.45) is 0. The van der Waals surface area contributed by atoms with E-state index in [1.807, 2.05) is 43.3 Å². The molecular formula is C20H15N5O2S2. The number of aromatic nitrogens is 4. The number of methoxy groups -OCH3 is 1. The molecule has 0 aliphatic heterocycles. The highest BCUT2D eigenvalue weighted by atomic mass is 32.1. The molecule has 1 N–H and O–H groups in total. The topological polar surface area (TPSA) is 81.9 Å². The summed E-state index contributed by atoms with van der Waals surface area (Å²) in [5.41, 5.74) is 4.84. The highest BCUT2D eigenvalue weighted by molar-refractivity contribution is 7.20. The van der Waals surface area contributed by atoms with E-state index < -0.39 is 0 Å². The highest BCUT2D eigenvalue weighted by Gasteiger charge is 2.16. The average molecular weight is 422 g/mol. The Morgan fingerprint density at radius 3 is 2.86 bits per heavy atom. The van der Waals surface area contributed by atoms with E-state index in [1.165, 1.54) is 22.7 Å². The first kappa shape index (κ1) is 17.8. The average Bonchev–Trinajstić information content (AvgIpc) is 3.44. The molecule has 0 aliphatic carbocycles. The third kappa shape index (κ3) is 3.24. The normalized spacial score (nSPS) is 11.2. The van der Waals surface area contributed by atoms with Gasteiger partial charge in [0, 0.05) is 17.7 Å². The Morgan fingerprint density at radius 1 is 1.10 bits per heavy atom. The zero-order chi connectivity index (χ0) is 20.0. The maximum atomic E-state index is 12.8. The second-order valence-electron chi connectivity index (χ2n) is 6.40. The summed E-state index contributed by atoms with van der Waals surface area (Å²) in [5.74, 6) is 1.12. The zero-order valence-corrected chi connectivity index (χ0v) is 17.2. The molecule has 3 aromatic heterocycles. The molecule has 0 atom stereocenters. The van der Waals surface area contributed by atoms with Crippen molar-refractivity contribution in [3.8, 4) is 10.9 Å². The van der Waals surface area contributed by atoms with Crippen LogP contribution in [0, 0.1) is 6.92 Å². The van der Waals surface area contributed by atoms with E-state index in [4.69, 9.17) is 4.74 Å². The smallest absolute Gasteiger partial charge is 0.256 e. The highest BCUT2D eigenvalue weighted by Crippen LogP contribution is 2.30. The number of benzene rings is 2. The molecule has 2 aromatic carbocycles. The van der Waals surface area contributed by atoms with Crippen molar-refractivity contribution in [1.29, 1.82) is 0 Å². The van der Waals surface area contributed by atoms with Crippen molar-refractivity contribution < 1.29 is 9.53 Å². The van der Waals surface area contributed by atoms with E-state index in [1.54, 1.807) is 23.4 Å². The molecule has 9 heteroatoms. The number of nitrogens with one attached hydrogen (secondary N) is 1. The molecule has 1 amide bonds. The molecule has 0 saturated heterocycles. The molecule has 5 aromatic rings. The largest absolute Gasteiger partial charge is 0.497 e. The molecule has 29 heavy (non-hydrogen) atoms. The first-order valence-electron chi connectivity index (χ1n) is 8.77. The van der Waals surface area contributed by atoms with Gasteiger partial charge in [-0.3, -0.25) is 4.79 Å². The van der Waals surface area contributed by atoms with Crippen LogP contribution in [0.4, 0.5) is 5.82 Å². The van der Waals surface area contributed by atoms with Crippen LogP contribution in [0.25, 0.3) is 25.6 Å². The van der Waals surface area contributed by atoms with Gasteiger partial charge in [-0.15, -0.1) is 11.3 Å². The van der Waals surface area contributed by atoms with E-state index in [2.05, 4.69) is 20.4 Å². The van der Waals surface area contributed by atoms with Crippen LogP contribution in [0.1, 0.15) is 16.1 Å². The van der Waals surface area contributed by atoms with Crippen molar-refractivity contribution >= 4 is 54.8 Å². The Labute approximate surface area is 173 Å². The third-order valence-electron chi connectivity index (χ3n) is 4.43. The van der Waals surface area contributed by atoms with E-state index in [0.29, 0.717) is 16.5 Å². The Balaban J connectivity index is 1.49. The maximum absolute atomic E-state index is 12.8. The molecule has 0 aliphatic rings. The lowest BCUT2D eigenvalue weighted by molar-refractivity contribution is 0.102. The fourth-order valence-electron chi connectivity index (χ4n) is 3.03. The Kier molecular flexibility index (Phi) is 4.26. The number of carbonyl (C=O) groups is 1. The molecule has 0 saturated carbocycles. The second-order valence-corrected chi connectivity index (χ2v) is 8.30. The van der Waals surface area contributed by atoms with Crippen LogP contribution < -0.4 is 10.1 Å².